The first-order valence-corrected chi connectivity index (χ1v) is 6.70. The van der Waals surface area contributed by atoms with Gasteiger partial charge in [-0.15, -0.1) is 0 Å². The van der Waals surface area contributed by atoms with E-state index in [0.717, 1.165) is 28.2 Å². The standard InChI is InChI=1S/C17H21NO2/c1-12-4-7-16(13(2)8-12)20-11-14-5-6-15(10-18)17(9-14)19-3/h4-9H,10-11,18H2,1-3H3. The van der Waals surface area contributed by atoms with Gasteiger partial charge in [-0.3, -0.25) is 0 Å². The maximum atomic E-state index is 5.86. The smallest absolute Gasteiger partial charge is 0.123 e. The van der Waals surface area contributed by atoms with E-state index < -0.39 is 0 Å². The summed E-state index contributed by atoms with van der Waals surface area (Å²) in [5.41, 5.74) is 10.1. The van der Waals surface area contributed by atoms with Gasteiger partial charge in [0.2, 0.25) is 0 Å². The normalized spacial score (nSPS) is 10.4. The van der Waals surface area contributed by atoms with E-state index in [-0.39, 0.29) is 0 Å². The lowest BCUT2D eigenvalue weighted by atomic mass is 10.1. The third-order valence-electron chi connectivity index (χ3n) is 3.30. The first-order chi connectivity index (χ1) is 9.63. The highest BCUT2D eigenvalue weighted by Gasteiger charge is 2.05. The molecule has 0 aromatic heterocycles. The molecule has 0 fully saturated rings. The summed E-state index contributed by atoms with van der Waals surface area (Å²) in [5.74, 6) is 1.73. The molecular formula is C17H21NO2. The Kier molecular flexibility index (Phi) is 4.64. The summed E-state index contributed by atoms with van der Waals surface area (Å²) in [5, 5.41) is 0. The van der Waals surface area contributed by atoms with Crippen molar-refractivity contribution in [1.82, 2.24) is 0 Å². The summed E-state index contributed by atoms with van der Waals surface area (Å²) < 4.78 is 11.2. The Balaban J connectivity index is 2.10. The number of aryl methyl sites for hydroxylation is 2. The second-order valence-electron chi connectivity index (χ2n) is 4.91. The van der Waals surface area contributed by atoms with Gasteiger partial charge >= 0.3 is 0 Å². The molecule has 0 saturated carbocycles. The first-order valence-electron chi connectivity index (χ1n) is 6.70. The average molecular weight is 271 g/mol. The van der Waals surface area contributed by atoms with Crippen LogP contribution >= 0.6 is 0 Å². The number of nitrogens with two attached hydrogens (primary N) is 1. The van der Waals surface area contributed by atoms with E-state index in [9.17, 15) is 0 Å². The van der Waals surface area contributed by atoms with E-state index in [4.69, 9.17) is 15.2 Å². The maximum absolute atomic E-state index is 5.86. The second kappa shape index (κ2) is 6.44. The molecule has 2 aromatic carbocycles. The van der Waals surface area contributed by atoms with Gasteiger partial charge in [-0.25, -0.2) is 0 Å². The summed E-state index contributed by atoms with van der Waals surface area (Å²) >= 11 is 0. The van der Waals surface area contributed by atoms with Crippen LogP contribution in [0.4, 0.5) is 0 Å². The van der Waals surface area contributed by atoms with Crippen LogP contribution in [0.2, 0.25) is 0 Å². The Bertz CT molecular complexity index is 594. The number of rotatable bonds is 5. The van der Waals surface area contributed by atoms with Gasteiger partial charge < -0.3 is 15.2 Å². The van der Waals surface area contributed by atoms with Crippen molar-refractivity contribution >= 4 is 0 Å². The summed E-state index contributed by atoms with van der Waals surface area (Å²) in [6.07, 6.45) is 0. The zero-order valence-corrected chi connectivity index (χ0v) is 12.3. The van der Waals surface area contributed by atoms with Crippen LogP contribution in [0.25, 0.3) is 0 Å². The van der Waals surface area contributed by atoms with Crippen LogP contribution in [-0.4, -0.2) is 7.11 Å². The number of hydrogen-bond acceptors (Lipinski definition) is 3. The number of ether oxygens (including phenoxy) is 2. The van der Waals surface area contributed by atoms with Gasteiger partial charge in [0.1, 0.15) is 18.1 Å². The third-order valence-corrected chi connectivity index (χ3v) is 3.30. The van der Waals surface area contributed by atoms with Crippen molar-refractivity contribution in [2.45, 2.75) is 27.0 Å². The van der Waals surface area contributed by atoms with Gasteiger partial charge in [0, 0.05) is 12.1 Å². The van der Waals surface area contributed by atoms with E-state index in [2.05, 4.69) is 26.0 Å². The van der Waals surface area contributed by atoms with Crippen LogP contribution < -0.4 is 15.2 Å². The molecule has 2 N–H and O–H groups in total. The van der Waals surface area contributed by atoms with E-state index in [1.54, 1.807) is 7.11 Å². The van der Waals surface area contributed by atoms with Crippen molar-refractivity contribution in [1.29, 1.82) is 0 Å². The molecule has 0 spiro atoms. The Labute approximate surface area is 120 Å². The van der Waals surface area contributed by atoms with Crippen LogP contribution in [0.1, 0.15) is 22.3 Å². The molecule has 0 bridgehead atoms. The van der Waals surface area contributed by atoms with Crippen molar-refractivity contribution in [3.05, 3.63) is 58.7 Å². The minimum atomic E-state index is 0.474. The predicted molar refractivity (Wildman–Crippen MR) is 81.1 cm³/mol. The zero-order chi connectivity index (χ0) is 14.5. The van der Waals surface area contributed by atoms with Gasteiger partial charge in [0.15, 0.2) is 0 Å². The van der Waals surface area contributed by atoms with Gasteiger partial charge in [0.25, 0.3) is 0 Å². The van der Waals surface area contributed by atoms with Crippen molar-refractivity contribution in [3.63, 3.8) is 0 Å². The molecule has 3 nitrogen and oxygen atoms in total. The van der Waals surface area contributed by atoms with Gasteiger partial charge in [-0.05, 0) is 37.1 Å². The van der Waals surface area contributed by atoms with Crippen molar-refractivity contribution in [3.8, 4) is 11.5 Å². The maximum Gasteiger partial charge on any atom is 0.123 e. The predicted octanol–water partition coefficient (Wildman–Crippen LogP) is 3.35. The number of hydrogen-bond donors (Lipinski definition) is 1. The second-order valence-corrected chi connectivity index (χ2v) is 4.91. The molecule has 0 aliphatic carbocycles. The molecule has 0 heterocycles. The fraction of sp³-hybridized carbons (Fsp3) is 0.294. The van der Waals surface area contributed by atoms with Gasteiger partial charge in [-0.1, -0.05) is 29.8 Å². The third kappa shape index (κ3) is 3.31. The number of benzene rings is 2. The molecule has 0 amide bonds. The van der Waals surface area contributed by atoms with Crippen molar-refractivity contribution < 1.29 is 9.47 Å². The minimum absolute atomic E-state index is 0.474. The molecule has 3 heteroatoms. The minimum Gasteiger partial charge on any atom is -0.496 e. The molecule has 0 atom stereocenters. The Morgan fingerprint density at radius 3 is 2.45 bits per heavy atom. The Morgan fingerprint density at radius 2 is 1.80 bits per heavy atom. The van der Waals surface area contributed by atoms with Crippen LogP contribution in [0.3, 0.4) is 0 Å². The van der Waals surface area contributed by atoms with Crippen molar-refractivity contribution in [2.24, 2.45) is 5.73 Å². The lowest BCUT2D eigenvalue weighted by molar-refractivity contribution is 0.303. The van der Waals surface area contributed by atoms with E-state index >= 15 is 0 Å². The van der Waals surface area contributed by atoms with Crippen molar-refractivity contribution in [2.75, 3.05) is 7.11 Å². The SMILES string of the molecule is COc1cc(COc2ccc(C)cc2C)ccc1CN. The molecule has 106 valence electrons. The highest BCUT2D eigenvalue weighted by molar-refractivity contribution is 5.38. The molecular weight excluding hydrogens is 250 g/mol. The van der Waals surface area contributed by atoms with E-state index in [1.807, 2.05) is 24.3 Å². The molecule has 0 saturated heterocycles. The quantitative estimate of drug-likeness (QED) is 0.907. The molecule has 0 aliphatic rings. The highest BCUT2D eigenvalue weighted by Crippen LogP contribution is 2.23. The topological polar surface area (TPSA) is 44.5 Å². The summed E-state index contributed by atoms with van der Waals surface area (Å²) in [6, 6.07) is 12.2. The monoisotopic (exact) mass is 271 g/mol. The number of methoxy groups -OCH3 is 1. The largest absolute Gasteiger partial charge is 0.496 e. The molecule has 2 rings (SSSR count). The van der Waals surface area contributed by atoms with Gasteiger partial charge in [0.05, 0.1) is 7.11 Å². The molecule has 2 aromatic rings. The van der Waals surface area contributed by atoms with E-state index in [0.29, 0.717) is 13.2 Å². The lowest BCUT2D eigenvalue weighted by Crippen LogP contribution is -2.02. The zero-order valence-electron chi connectivity index (χ0n) is 12.3. The Hall–Kier alpha value is -2.00. The summed E-state index contributed by atoms with van der Waals surface area (Å²) in [7, 11) is 1.66. The van der Waals surface area contributed by atoms with Crippen LogP contribution in [-0.2, 0) is 13.2 Å². The van der Waals surface area contributed by atoms with E-state index in [1.165, 1.54) is 5.56 Å². The fourth-order valence-electron chi connectivity index (χ4n) is 2.17. The fourth-order valence-corrected chi connectivity index (χ4v) is 2.17. The summed E-state index contributed by atoms with van der Waals surface area (Å²) in [6.45, 7) is 5.13. The molecule has 0 aliphatic heterocycles. The molecule has 20 heavy (non-hydrogen) atoms. The molecule has 0 unspecified atom stereocenters. The van der Waals surface area contributed by atoms with Crippen LogP contribution in [0, 0.1) is 13.8 Å². The van der Waals surface area contributed by atoms with Crippen LogP contribution in [0.5, 0.6) is 11.5 Å². The molecule has 0 radical (unpaired) electrons. The lowest BCUT2D eigenvalue weighted by Gasteiger charge is -2.12. The highest BCUT2D eigenvalue weighted by atomic mass is 16.5. The van der Waals surface area contributed by atoms with Crippen LogP contribution in [0.15, 0.2) is 36.4 Å². The Morgan fingerprint density at radius 1 is 1.00 bits per heavy atom. The summed E-state index contributed by atoms with van der Waals surface area (Å²) in [4.78, 5) is 0. The van der Waals surface area contributed by atoms with Gasteiger partial charge in [-0.2, -0.15) is 0 Å². The first kappa shape index (κ1) is 14.4. The average Bonchev–Trinajstić information content (AvgIpc) is 2.46.